The molecule has 1 aromatic carbocycles. The molecule has 108 valence electrons. The molecule has 2 fully saturated rings. The van der Waals surface area contributed by atoms with Gasteiger partial charge >= 0.3 is 0 Å². The minimum atomic E-state index is 0.210. The predicted octanol–water partition coefficient (Wildman–Crippen LogP) is 3.12. The Balaban J connectivity index is 1.37. The van der Waals surface area contributed by atoms with Crippen LogP contribution in [-0.4, -0.2) is 24.6 Å². The van der Waals surface area contributed by atoms with E-state index in [1.165, 1.54) is 0 Å². The van der Waals surface area contributed by atoms with Gasteiger partial charge in [-0.3, -0.25) is 4.79 Å². The van der Waals surface area contributed by atoms with Crippen LogP contribution in [-0.2, 0) is 20.9 Å². The van der Waals surface area contributed by atoms with E-state index < -0.39 is 0 Å². The Kier molecular flexibility index (Phi) is 4.48. The van der Waals surface area contributed by atoms with E-state index >= 15 is 0 Å². The number of carbonyl (C=O) groups is 1. The second-order valence-corrected chi connectivity index (χ2v) is 5.88. The van der Waals surface area contributed by atoms with Gasteiger partial charge in [0.1, 0.15) is 5.78 Å². The minimum Gasteiger partial charge on any atom is -0.376 e. The molecule has 2 aliphatic rings. The lowest BCUT2D eigenvalue weighted by Gasteiger charge is -2.27. The number of fused-ring (bicyclic) bond motifs is 2. The highest BCUT2D eigenvalue weighted by Crippen LogP contribution is 2.36. The monoisotopic (exact) mass is 274 g/mol. The summed E-state index contributed by atoms with van der Waals surface area (Å²) in [6, 6.07) is 10.1. The van der Waals surface area contributed by atoms with Crippen LogP contribution in [0.15, 0.2) is 30.3 Å². The van der Waals surface area contributed by atoms with E-state index in [1.54, 1.807) is 0 Å². The lowest BCUT2D eigenvalue weighted by atomic mass is 9.90. The maximum atomic E-state index is 12.2. The summed E-state index contributed by atoms with van der Waals surface area (Å²) >= 11 is 0. The number of ether oxygens (including phenoxy) is 2. The summed E-state index contributed by atoms with van der Waals surface area (Å²) in [7, 11) is 0. The molecule has 0 saturated carbocycles. The van der Waals surface area contributed by atoms with E-state index in [2.05, 4.69) is 0 Å². The number of Topliss-reactive ketones (excluding diaryl/α,β-unsaturated/α-hetero) is 1. The normalized spacial score (nSPS) is 28.5. The van der Waals surface area contributed by atoms with Gasteiger partial charge in [-0.1, -0.05) is 30.3 Å². The van der Waals surface area contributed by atoms with Crippen molar-refractivity contribution in [2.45, 2.75) is 50.9 Å². The summed E-state index contributed by atoms with van der Waals surface area (Å²) in [4.78, 5) is 12.2. The van der Waals surface area contributed by atoms with Crippen LogP contribution in [0.2, 0.25) is 0 Å². The molecule has 0 aromatic heterocycles. The highest BCUT2D eigenvalue weighted by atomic mass is 16.5. The smallest absolute Gasteiger partial charge is 0.138 e. The van der Waals surface area contributed by atoms with Crippen molar-refractivity contribution in [1.82, 2.24) is 0 Å². The molecule has 0 amide bonds. The zero-order valence-corrected chi connectivity index (χ0v) is 11.8. The van der Waals surface area contributed by atoms with Crippen molar-refractivity contribution in [3.8, 4) is 0 Å². The Bertz CT molecular complexity index is 431. The maximum Gasteiger partial charge on any atom is 0.138 e. The van der Waals surface area contributed by atoms with Gasteiger partial charge < -0.3 is 9.47 Å². The zero-order chi connectivity index (χ0) is 13.8. The topological polar surface area (TPSA) is 35.5 Å². The summed E-state index contributed by atoms with van der Waals surface area (Å²) in [6.07, 6.45) is 5.34. The van der Waals surface area contributed by atoms with E-state index in [1.807, 2.05) is 30.3 Å². The third-order valence-electron chi connectivity index (χ3n) is 4.35. The Morgan fingerprint density at radius 2 is 1.85 bits per heavy atom. The lowest BCUT2D eigenvalue weighted by Crippen LogP contribution is -2.30. The quantitative estimate of drug-likeness (QED) is 0.748. The minimum absolute atomic E-state index is 0.210. The number of benzene rings is 1. The highest BCUT2D eigenvalue weighted by Gasteiger charge is 2.37. The second-order valence-electron chi connectivity index (χ2n) is 5.88. The van der Waals surface area contributed by atoms with Crippen molar-refractivity contribution < 1.29 is 14.3 Å². The zero-order valence-electron chi connectivity index (χ0n) is 11.8. The Labute approximate surface area is 120 Å². The van der Waals surface area contributed by atoms with Crippen LogP contribution in [0.5, 0.6) is 0 Å². The van der Waals surface area contributed by atoms with Crippen molar-refractivity contribution in [3.63, 3.8) is 0 Å². The van der Waals surface area contributed by atoms with Gasteiger partial charge in [0.2, 0.25) is 0 Å². The fourth-order valence-corrected chi connectivity index (χ4v) is 3.26. The van der Waals surface area contributed by atoms with Crippen molar-refractivity contribution >= 4 is 5.78 Å². The molecule has 2 heterocycles. The van der Waals surface area contributed by atoms with Crippen LogP contribution in [0, 0.1) is 5.92 Å². The summed E-state index contributed by atoms with van der Waals surface area (Å²) in [5.41, 5.74) is 1.16. The first-order chi connectivity index (χ1) is 9.81. The summed E-state index contributed by atoms with van der Waals surface area (Å²) < 4.78 is 11.4. The Morgan fingerprint density at radius 3 is 2.55 bits per heavy atom. The molecule has 3 heteroatoms. The average Bonchev–Trinajstić information content (AvgIpc) is 2.83. The van der Waals surface area contributed by atoms with Crippen LogP contribution < -0.4 is 0 Å². The molecule has 2 unspecified atom stereocenters. The average molecular weight is 274 g/mol. The van der Waals surface area contributed by atoms with Crippen LogP contribution in [0.1, 0.15) is 37.7 Å². The number of rotatable bonds is 6. The van der Waals surface area contributed by atoms with Gasteiger partial charge in [0.25, 0.3) is 0 Å². The van der Waals surface area contributed by atoms with Crippen molar-refractivity contribution in [3.05, 3.63) is 35.9 Å². The van der Waals surface area contributed by atoms with Crippen molar-refractivity contribution in [1.29, 1.82) is 0 Å². The number of hydrogen-bond donors (Lipinski definition) is 0. The number of carbonyl (C=O) groups excluding carboxylic acids is 1. The maximum absolute atomic E-state index is 12.2. The van der Waals surface area contributed by atoms with Crippen LogP contribution in [0.25, 0.3) is 0 Å². The highest BCUT2D eigenvalue weighted by molar-refractivity contribution is 5.81. The Morgan fingerprint density at radius 1 is 1.15 bits per heavy atom. The first-order valence-corrected chi connectivity index (χ1v) is 7.61. The molecule has 2 aliphatic heterocycles. The van der Waals surface area contributed by atoms with Crippen LogP contribution in [0.3, 0.4) is 0 Å². The molecule has 3 nitrogen and oxygen atoms in total. The molecule has 0 aliphatic carbocycles. The molecular weight excluding hydrogens is 252 g/mol. The van der Waals surface area contributed by atoms with Crippen molar-refractivity contribution in [2.75, 3.05) is 6.61 Å². The van der Waals surface area contributed by atoms with E-state index in [-0.39, 0.29) is 5.92 Å². The van der Waals surface area contributed by atoms with Crippen molar-refractivity contribution in [2.24, 2.45) is 5.92 Å². The van der Waals surface area contributed by atoms with Gasteiger partial charge in [-0.15, -0.1) is 0 Å². The fraction of sp³-hybridized carbons (Fsp3) is 0.588. The van der Waals surface area contributed by atoms with Gasteiger partial charge in [-0.05, 0) is 31.2 Å². The third kappa shape index (κ3) is 3.47. The summed E-state index contributed by atoms with van der Waals surface area (Å²) in [5.74, 6) is 0.569. The molecule has 1 aromatic rings. The summed E-state index contributed by atoms with van der Waals surface area (Å²) in [5, 5.41) is 0. The van der Waals surface area contributed by atoms with Crippen LogP contribution in [0.4, 0.5) is 0 Å². The van der Waals surface area contributed by atoms with E-state index in [0.29, 0.717) is 37.6 Å². The predicted molar refractivity (Wildman–Crippen MR) is 76.3 cm³/mol. The standard InChI is InChI=1S/C17H22O3/c18-17(14-10-15-6-7-16(11-14)20-15)8-9-19-12-13-4-2-1-3-5-13/h1-5,14-16H,6-12H2. The summed E-state index contributed by atoms with van der Waals surface area (Å²) in [6.45, 7) is 1.12. The van der Waals surface area contributed by atoms with E-state index in [4.69, 9.17) is 9.47 Å². The molecule has 0 N–H and O–H groups in total. The van der Waals surface area contributed by atoms with Gasteiger partial charge in [-0.2, -0.15) is 0 Å². The fourth-order valence-electron chi connectivity index (χ4n) is 3.26. The number of ketones is 1. The second kappa shape index (κ2) is 6.51. The SMILES string of the molecule is O=C(CCOCc1ccccc1)C1CC2CCC(C1)O2. The van der Waals surface area contributed by atoms with Crippen LogP contribution >= 0.6 is 0 Å². The largest absolute Gasteiger partial charge is 0.376 e. The van der Waals surface area contributed by atoms with E-state index in [9.17, 15) is 4.79 Å². The molecule has 2 atom stereocenters. The molecule has 2 bridgehead atoms. The van der Waals surface area contributed by atoms with Gasteiger partial charge in [0.05, 0.1) is 25.4 Å². The first kappa shape index (κ1) is 13.8. The number of hydrogen-bond acceptors (Lipinski definition) is 3. The first-order valence-electron chi connectivity index (χ1n) is 7.61. The molecule has 0 spiro atoms. The Hall–Kier alpha value is -1.19. The van der Waals surface area contributed by atoms with Gasteiger partial charge in [-0.25, -0.2) is 0 Å². The molecule has 20 heavy (non-hydrogen) atoms. The van der Waals surface area contributed by atoms with E-state index in [0.717, 1.165) is 31.2 Å². The third-order valence-corrected chi connectivity index (χ3v) is 4.35. The molecule has 2 saturated heterocycles. The lowest BCUT2D eigenvalue weighted by molar-refractivity contribution is -0.129. The van der Waals surface area contributed by atoms with Gasteiger partial charge in [0, 0.05) is 12.3 Å². The molecule has 0 radical (unpaired) electrons. The molecular formula is C17H22O3. The van der Waals surface area contributed by atoms with Gasteiger partial charge in [0.15, 0.2) is 0 Å². The molecule has 3 rings (SSSR count).